The summed E-state index contributed by atoms with van der Waals surface area (Å²) in [4.78, 5) is 23.5. The Morgan fingerprint density at radius 3 is 2.12 bits per heavy atom. The van der Waals surface area contributed by atoms with Crippen LogP contribution in [0.4, 0.5) is 0 Å². The van der Waals surface area contributed by atoms with Crippen molar-refractivity contribution in [1.29, 1.82) is 0 Å². The molecule has 1 fully saturated rings. The molecule has 1 heterocycles. The predicted octanol–water partition coefficient (Wildman–Crippen LogP) is -1.82. The van der Waals surface area contributed by atoms with E-state index in [9.17, 15) is 19.8 Å². The van der Waals surface area contributed by atoms with Gasteiger partial charge in [0.1, 0.15) is 6.04 Å². The fraction of sp³-hybridized carbons (Fsp3) is 0.800. The molecule has 4 N–H and O–H groups in total. The standard InChI is InChI=1S/C10H18N2O5/c1-4-7(11)9(15)8(10(16)17-4)12(5(2)13)6(3)14/h4,7-10,15-16H,11H2,1-3H3/t4-,7-,8-,9+,10?/m1/s1. The number of hydrogen-bond donors (Lipinski definition) is 3. The summed E-state index contributed by atoms with van der Waals surface area (Å²) in [7, 11) is 0. The molecule has 1 rings (SSSR count). The van der Waals surface area contributed by atoms with Gasteiger partial charge in [0.05, 0.1) is 18.2 Å². The fourth-order valence-corrected chi connectivity index (χ4v) is 1.99. The first-order chi connectivity index (χ1) is 7.77. The van der Waals surface area contributed by atoms with E-state index in [0.717, 1.165) is 4.90 Å². The molecule has 0 aromatic rings. The van der Waals surface area contributed by atoms with E-state index in [0.29, 0.717) is 0 Å². The second-order valence-corrected chi connectivity index (χ2v) is 4.20. The van der Waals surface area contributed by atoms with E-state index in [2.05, 4.69) is 0 Å². The average Bonchev–Trinajstić information content (AvgIpc) is 2.19. The van der Waals surface area contributed by atoms with Gasteiger partial charge in [0.15, 0.2) is 6.29 Å². The summed E-state index contributed by atoms with van der Waals surface area (Å²) in [6, 6.07) is -1.94. The quantitative estimate of drug-likeness (QED) is 0.502. The minimum Gasteiger partial charge on any atom is -0.389 e. The lowest BCUT2D eigenvalue weighted by molar-refractivity contribution is -0.231. The summed E-state index contributed by atoms with van der Waals surface area (Å²) in [6.07, 6.45) is -3.22. The molecule has 1 unspecified atom stereocenters. The van der Waals surface area contributed by atoms with E-state index in [4.69, 9.17) is 10.5 Å². The maximum absolute atomic E-state index is 11.4. The molecule has 1 aliphatic rings. The summed E-state index contributed by atoms with van der Waals surface area (Å²) < 4.78 is 5.09. The van der Waals surface area contributed by atoms with E-state index >= 15 is 0 Å². The zero-order valence-electron chi connectivity index (χ0n) is 10.0. The normalized spacial score (nSPS) is 37.6. The molecule has 1 aliphatic heterocycles. The smallest absolute Gasteiger partial charge is 0.226 e. The van der Waals surface area contributed by atoms with E-state index < -0.39 is 42.4 Å². The van der Waals surface area contributed by atoms with Crippen molar-refractivity contribution >= 4 is 11.8 Å². The minimum atomic E-state index is -1.44. The molecule has 5 atom stereocenters. The topological polar surface area (TPSA) is 113 Å². The van der Waals surface area contributed by atoms with E-state index in [1.165, 1.54) is 13.8 Å². The lowest BCUT2D eigenvalue weighted by Gasteiger charge is -2.43. The molecule has 1 saturated heterocycles. The molecule has 2 amide bonds. The van der Waals surface area contributed by atoms with E-state index in [1.54, 1.807) is 6.92 Å². The summed E-state index contributed by atoms with van der Waals surface area (Å²) in [5, 5.41) is 19.6. The van der Waals surface area contributed by atoms with Gasteiger partial charge in [-0.25, -0.2) is 0 Å². The number of nitrogens with two attached hydrogens (primary N) is 1. The highest BCUT2D eigenvalue weighted by atomic mass is 16.6. The molecule has 0 aliphatic carbocycles. The van der Waals surface area contributed by atoms with Crippen molar-refractivity contribution in [2.45, 2.75) is 51.4 Å². The van der Waals surface area contributed by atoms with Crippen molar-refractivity contribution < 1.29 is 24.5 Å². The van der Waals surface area contributed by atoms with Crippen LogP contribution in [-0.4, -0.2) is 57.5 Å². The third-order valence-corrected chi connectivity index (χ3v) is 2.91. The Morgan fingerprint density at radius 1 is 1.24 bits per heavy atom. The van der Waals surface area contributed by atoms with Crippen LogP contribution < -0.4 is 5.73 Å². The van der Waals surface area contributed by atoms with Crippen LogP contribution in [0, 0.1) is 0 Å². The number of amides is 2. The van der Waals surface area contributed by atoms with Crippen LogP contribution in [0.1, 0.15) is 20.8 Å². The van der Waals surface area contributed by atoms with Crippen molar-refractivity contribution in [2.24, 2.45) is 5.73 Å². The number of carbonyl (C=O) groups is 2. The molecule has 17 heavy (non-hydrogen) atoms. The SMILES string of the molecule is CC(=O)N(C(C)=O)[C@H]1C(O)O[C@H](C)[C@@H](N)[C@@H]1O. The number of aliphatic hydroxyl groups is 2. The summed E-state index contributed by atoms with van der Waals surface area (Å²) in [5.41, 5.74) is 5.68. The summed E-state index contributed by atoms with van der Waals surface area (Å²) in [5.74, 6) is -1.16. The highest BCUT2D eigenvalue weighted by molar-refractivity contribution is 5.93. The fourth-order valence-electron chi connectivity index (χ4n) is 1.99. The molecule has 0 aromatic heterocycles. The lowest BCUT2D eigenvalue weighted by Crippen LogP contribution is -2.66. The zero-order valence-corrected chi connectivity index (χ0v) is 10.0. The van der Waals surface area contributed by atoms with E-state index in [1.807, 2.05) is 0 Å². The molecule has 0 radical (unpaired) electrons. The second kappa shape index (κ2) is 5.09. The van der Waals surface area contributed by atoms with Crippen LogP contribution in [0.15, 0.2) is 0 Å². The second-order valence-electron chi connectivity index (χ2n) is 4.20. The molecule has 7 nitrogen and oxygen atoms in total. The molecule has 0 spiro atoms. The first kappa shape index (κ1) is 14.0. The number of rotatable bonds is 1. The number of aliphatic hydroxyl groups excluding tert-OH is 2. The van der Waals surface area contributed by atoms with Gasteiger partial charge in [0.25, 0.3) is 0 Å². The van der Waals surface area contributed by atoms with Crippen LogP contribution in [0.25, 0.3) is 0 Å². The maximum Gasteiger partial charge on any atom is 0.226 e. The van der Waals surface area contributed by atoms with Gasteiger partial charge in [-0.3, -0.25) is 14.5 Å². The molecular weight excluding hydrogens is 228 g/mol. The van der Waals surface area contributed by atoms with Crippen molar-refractivity contribution in [1.82, 2.24) is 4.90 Å². The highest BCUT2D eigenvalue weighted by Crippen LogP contribution is 2.23. The van der Waals surface area contributed by atoms with Crippen LogP contribution in [0.2, 0.25) is 0 Å². The van der Waals surface area contributed by atoms with Crippen molar-refractivity contribution in [3.63, 3.8) is 0 Å². The van der Waals surface area contributed by atoms with Gasteiger partial charge in [0, 0.05) is 13.8 Å². The number of imide groups is 1. The molecule has 7 heteroatoms. The molecular formula is C10H18N2O5. The monoisotopic (exact) mass is 246 g/mol. The Hall–Kier alpha value is -1.02. The van der Waals surface area contributed by atoms with Gasteiger partial charge in [-0.2, -0.15) is 0 Å². The van der Waals surface area contributed by atoms with Gasteiger partial charge in [-0.15, -0.1) is 0 Å². The number of ether oxygens (including phenoxy) is 1. The molecule has 0 saturated carbocycles. The van der Waals surface area contributed by atoms with Crippen LogP contribution in [-0.2, 0) is 14.3 Å². The third-order valence-electron chi connectivity index (χ3n) is 2.91. The minimum absolute atomic E-state index is 0.558. The van der Waals surface area contributed by atoms with Crippen molar-refractivity contribution in [3.05, 3.63) is 0 Å². The van der Waals surface area contributed by atoms with Gasteiger partial charge in [0.2, 0.25) is 11.8 Å². The Balaban J connectivity index is 3.01. The predicted molar refractivity (Wildman–Crippen MR) is 57.5 cm³/mol. The zero-order chi connectivity index (χ0) is 13.3. The molecule has 98 valence electrons. The van der Waals surface area contributed by atoms with Crippen molar-refractivity contribution in [3.8, 4) is 0 Å². The van der Waals surface area contributed by atoms with Crippen LogP contribution in [0.5, 0.6) is 0 Å². The van der Waals surface area contributed by atoms with E-state index in [-0.39, 0.29) is 0 Å². The van der Waals surface area contributed by atoms with Gasteiger partial charge in [-0.1, -0.05) is 0 Å². The third kappa shape index (κ3) is 2.63. The summed E-state index contributed by atoms with van der Waals surface area (Å²) in [6.45, 7) is 3.94. The highest BCUT2D eigenvalue weighted by Gasteiger charge is 2.46. The first-order valence-electron chi connectivity index (χ1n) is 5.35. The Labute approximate surface area is 99.1 Å². The summed E-state index contributed by atoms with van der Waals surface area (Å²) >= 11 is 0. The number of hydrogen-bond acceptors (Lipinski definition) is 6. The average molecular weight is 246 g/mol. The largest absolute Gasteiger partial charge is 0.389 e. The molecule has 0 bridgehead atoms. The maximum atomic E-state index is 11.4. The Kier molecular flexibility index (Phi) is 4.21. The number of carbonyl (C=O) groups excluding carboxylic acids is 2. The van der Waals surface area contributed by atoms with Crippen molar-refractivity contribution in [2.75, 3.05) is 0 Å². The van der Waals surface area contributed by atoms with Gasteiger partial charge in [-0.05, 0) is 6.92 Å². The first-order valence-corrected chi connectivity index (χ1v) is 5.35. The van der Waals surface area contributed by atoms with Crippen LogP contribution in [0.3, 0.4) is 0 Å². The molecule has 0 aromatic carbocycles. The Morgan fingerprint density at radius 2 is 1.71 bits per heavy atom. The van der Waals surface area contributed by atoms with Gasteiger partial charge < -0.3 is 20.7 Å². The van der Waals surface area contributed by atoms with Gasteiger partial charge >= 0.3 is 0 Å². The lowest BCUT2D eigenvalue weighted by atomic mass is 9.94. The number of nitrogens with zero attached hydrogens (tertiary/aromatic N) is 1. The Bertz CT molecular complexity index is 308. The van der Waals surface area contributed by atoms with Crippen LogP contribution >= 0.6 is 0 Å².